The highest BCUT2D eigenvalue weighted by atomic mass is 32.1. The van der Waals surface area contributed by atoms with Crippen LogP contribution in [0.3, 0.4) is 0 Å². The van der Waals surface area contributed by atoms with Gasteiger partial charge in [0.2, 0.25) is 0 Å². The van der Waals surface area contributed by atoms with Crippen LogP contribution in [0.25, 0.3) is 0 Å². The van der Waals surface area contributed by atoms with E-state index in [2.05, 4.69) is 36.6 Å². The summed E-state index contributed by atoms with van der Waals surface area (Å²) < 4.78 is 5.16. The molecule has 0 bridgehead atoms. The Morgan fingerprint density at radius 2 is 2.19 bits per heavy atom. The summed E-state index contributed by atoms with van der Waals surface area (Å²) in [7, 11) is 5.86. The van der Waals surface area contributed by atoms with Gasteiger partial charge in [-0.25, -0.2) is 0 Å². The third-order valence-electron chi connectivity index (χ3n) is 3.34. The topological polar surface area (TPSA) is 46.3 Å². The molecule has 2 rings (SSSR count). The van der Waals surface area contributed by atoms with Crippen molar-refractivity contribution in [1.29, 1.82) is 0 Å². The lowest BCUT2D eigenvalue weighted by molar-refractivity contribution is -0.890. The van der Waals surface area contributed by atoms with Crippen molar-refractivity contribution in [2.75, 3.05) is 27.7 Å². The first-order valence-corrected chi connectivity index (χ1v) is 7.70. The summed E-state index contributed by atoms with van der Waals surface area (Å²) in [5.74, 6) is 0.923. The predicted molar refractivity (Wildman–Crippen MR) is 87.0 cm³/mol. The number of hydrogen-bond acceptors (Lipinski definition) is 4. The van der Waals surface area contributed by atoms with Crippen molar-refractivity contribution >= 4 is 17.6 Å². The second-order valence-electron chi connectivity index (χ2n) is 5.06. The maximum atomic E-state index is 9.84. The van der Waals surface area contributed by atoms with Crippen molar-refractivity contribution in [3.63, 3.8) is 0 Å². The summed E-state index contributed by atoms with van der Waals surface area (Å²) >= 11 is 1.75. The summed E-state index contributed by atoms with van der Waals surface area (Å²) in [6.07, 6.45) is 1.71. The number of phenols is 1. The molecule has 21 heavy (non-hydrogen) atoms. The molecule has 2 N–H and O–H groups in total. The number of thiophene rings is 1. The van der Waals surface area contributed by atoms with E-state index in [-0.39, 0.29) is 5.75 Å². The molecule has 5 heteroatoms. The molecule has 0 fully saturated rings. The van der Waals surface area contributed by atoms with Gasteiger partial charge in [-0.2, -0.15) is 0 Å². The van der Waals surface area contributed by atoms with Crippen LogP contribution in [0.2, 0.25) is 0 Å². The molecule has 112 valence electrons. The number of aromatic hydroxyl groups is 1. The maximum Gasteiger partial charge on any atom is 0.142 e. The number of hydrogen-bond donors (Lipinski definition) is 2. The van der Waals surface area contributed by atoms with Crippen LogP contribution in [0.15, 0.2) is 40.7 Å². The number of nitrogens with one attached hydrogen (secondary N) is 1. The summed E-state index contributed by atoms with van der Waals surface area (Å²) in [6.45, 7) is 0.680. The highest BCUT2D eigenvalue weighted by Crippen LogP contribution is 2.21. The first-order chi connectivity index (χ1) is 10.1. The minimum absolute atomic E-state index is 0.212. The number of quaternary nitrogens is 1. The summed E-state index contributed by atoms with van der Waals surface area (Å²) in [5.41, 5.74) is 0.674. The fourth-order valence-electron chi connectivity index (χ4n) is 2.07. The van der Waals surface area contributed by atoms with Crippen LogP contribution in [0.1, 0.15) is 16.5 Å². The van der Waals surface area contributed by atoms with Gasteiger partial charge in [-0.15, -0.1) is 11.3 Å². The van der Waals surface area contributed by atoms with E-state index in [1.807, 2.05) is 0 Å². The van der Waals surface area contributed by atoms with Gasteiger partial charge in [-0.3, -0.25) is 4.99 Å². The molecule has 4 nitrogen and oxygen atoms in total. The SMILES string of the molecule is COc1ccc(O)c(C=NC[C@@H](c2cccs2)[NH+](C)C)c1. The number of aliphatic imine (C=N–C) groups is 1. The largest absolute Gasteiger partial charge is 0.507 e. The van der Waals surface area contributed by atoms with Crippen LogP contribution >= 0.6 is 11.3 Å². The molecule has 0 saturated carbocycles. The number of likely N-dealkylation sites (N-methyl/N-ethyl adjacent to an activating group) is 1. The smallest absolute Gasteiger partial charge is 0.142 e. The Morgan fingerprint density at radius 3 is 2.81 bits per heavy atom. The van der Waals surface area contributed by atoms with Crippen LogP contribution in [-0.4, -0.2) is 39.1 Å². The summed E-state index contributed by atoms with van der Waals surface area (Å²) in [5, 5.41) is 11.9. The molecule has 0 unspecified atom stereocenters. The molecule has 0 saturated heterocycles. The van der Waals surface area contributed by atoms with Crippen molar-refractivity contribution in [1.82, 2.24) is 0 Å². The standard InChI is InChI=1S/C16H20N2O2S/c1-18(2)14(16-5-4-8-21-16)11-17-10-12-9-13(20-3)6-7-15(12)19/h4-10,14,19H,11H2,1-3H3/p+1/t14-/m0/s1. The zero-order valence-electron chi connectivity index (χ0n) is 12.5. The molecule has 0 spiro atoms. The fraction of sp³-hybridized carbons (Fsp3) is 0.312. The average molecular weight is 305 g/mol. The van der Waals surface area contributed by atoms with Crippen LogP contribution in [0.4, 0.5) is 0 Å². The Hall–Kier alpha value is -1.85. The summed E-state index contributed by atoms with van der Waals surface area (Å²) in [4.78, 5) is 7.16. The van der Waals surface area contributed by atoms with Gasteiger partial charge in [0.1, 0.15) is 17.5 Å². The van der Waals surface area contributed by atoms with Crippen molar-refractivity contribution in [3.8, 4) is 11.5 Å². The van der Waals surface area contributed by atoms with E-state index in [1.54, 1.807) is 42.9 Å². The van der Waals surface area contributed by atoms with E-state index in [0.717, 1.165) is 0 Å². The number of phenolic OH excluding ortho intramolecular Hbond substituents is 1. The van der Waals surface area contributed by atoms with Crippen molar-refractivity contribution in [3.05, 3.63) is 46.2 Å². The van der Waals surface area contributed by atoms with Gasteiger partial charge in [0.25, 0.3) is 0 Å². The zero-order valence-corrected chi connectivity index (χ0v) is 13.4. The van der Waals surface area contributed by atoms with Crippen molar-refractivity contribution in [2.24, 2.45) is 4.99 Å². The Labute approximate surface area is 129 Å². The lowest BCUT2D eigenvalue weighted by Gasteiger charge is -2.18. The van der Waals surface area contributed by atoms with Crippen molar-refractivity contribution < 1.29 is 14.7 Å². The Balaban J connectivity index is 2.10. The molecule has 0 aliphatic carbocycles. The molecule has 1 aromatic heterocycles. The Kier molecular flexibility index (Phi) is 5.36. The minimum Gasteiger partial charge on any atom is -0.507 e. The van der Waals surface area contributed by atoms with Gasteiger partial charge in [0.05, 0.1) is 32.6 Å². The quantitative estimate of drug-likeness (QED) is 0.799. The highest BCUT2D eigenvalue weighted by Gasteiger charge is 2.17. The zero-order chi connectivity index (χ0) is 15.2. The molecule has 0 aliphatic rings. The van der Waals surface area contributed by atoms with E-state index in [9.17, 15) is 5.11 Å². The molecule has 0 aliphatic heterocycles. The molecular formula is C16H21N2O2S+. The number of benzene rings is 1. The molecule has 1 heterocycles. The second kappa shape index (κ2) is 7.24. The van der Waals surface area contributed by atoms with Crippen LogP contribution in [0, 0.1) is 0 Å². The first-order valence-electron chi connectivity index (χ1n) is 6.82. The van der Waals surface area contributed by atoms with Gasteiger partial charge >= 0.3 is 0 Å². The Morgan fingerprint density at radius 1 is 1.38 bits per heavy atom. The van der Waals surface area contributed by atoms with Gasteiger partial charge < -0.3 is 14.7 Å². The van der Waals surface area contributed by atoms with Crippen molar-refractivity contribution in [2.45, 2.75) is 6.04 Å². The number of ether oxygens (including phenoxy) is 1. The van der Waals surface area contributed by atoms with Gasteiger partial charge in [0.15, 0.2) is 0 Å². The highest BCUT2D eigenvalue weighted by molar-refractivity contribution is 7.10. The van der Waals surface area contributed by atoms with Crippen LogP contribution in [-0.2, 0) is 0 Å². The normalized spacial score (nSPS) is 13.0. The minimum atomic E-state index is 0.212. The van der Waals surface area contributed by atoms with E-state index < -0.39 is 0 Å². The number of methoxy groups -OCH3 is 1. The van der Waals surface area contributed by atoms with Crippen LogP contribution < -0.4 is 9.64 Å². The number of nitrogens with zero attached hydrogens (tertiary/aromatic N) is 1. The molecular weight excluding hydrogens is 284 g/mol. The van der Waals surface area contributed by atoms with Gasteiger partial charge in [0, 0.05) is 11.8 Å². The number of rotatable bonds is 6. The third-order valence-corrected chi connectivity index (χ3v) is 4.32. The fourth-order valence-corrected chi connectivity index (χ4v) is 3.01. The molecule has 0 amide bonds. The van der Waals surface area contributed by atoms with Gasteiger partial charge in [-0.1, -0.05) is 6.07 Å². The summed E-state index contributed by atoms with van der Waals surface area (Å²) in [6, 6.07) is 9.66. The van der Waals surface area contributed by atoms with Crippen LogP contribution in [0.5, 0.6) is 11.5 Å². The third kappa shape index (κ3) is 4.06. The van der Waals surface area contributed by atoms with Gasteiger partial charge in [-0.05, 0) is 29.6 Å². The first kappa shape index (κ1) is 15.5. The lowest BCUT2D eigenvalue weighted by Crippen LogP contribution is -3.06. The molecule has 0 radical (unpaired) electrons. The van der Waals surface area contributed by atoms with E-state index >= 15 is 0 Å². The average Bonchev–Trinajstić information content (AvgIpc) is 2.98. The monoisotopic (exact) mass is 305 g/mol. The predicted octanol–water partition coefficient (Wildman–Crippen LogP) is 1.77. The maximum absolute atomic E-state index is 9.84. The molecule has 2 aromatic rings. The van der Waals surface area contributed by atoms with E-state index in [1.165, 1.54) is 9.78 Å². The van der Waals surface area contributed by atoms with E-state index in [0.29, 0.717) is 23.9 Å². The molecule has 1 atom stereocenters. The van der Waals surface area contributed by atoms with E-state index in [4.69, 9.17) is 4.74 Å². The second-order valence-corrected chi connectivity index (χ2v) is 6.04. The lowest BCUT2D eigenvalue weighted by atomic mass is 10.2. The molecule has 1 aromatic carbocycles. The Bertz CT molecular complexity index is 594.